The second-order valence-corrected chi connectivity index (χ2v) is 6.09. The van der Waals surface area contributed by atoms with Gasteiger partial charge in [-0.1, -0.05) is 36.4 Å². The van der Waals surface area contributed by atoms with E-state index >= 15 is 0 Å². The first kappa shape index (κ1) is 16.0. The molecule has 2 aromatic rings. The van der Waals surface area contributed by atoms with E-state index < -0.39 is 0 Å². The van der Waals surface area contributed by atoms with Crippen molar-refractivity contribution in [3.63, 3.8) is 0 Å². The fraction of sp³-hybridized carbons (Fsp3) is 0.368. The second-order valence-electron chi connectivity index (χ2n) is 6.09. The number of ether oxygens (including phenoxy) is 1. The van der Waals surface area contributed by atoms with E-state index in [1.54, 1.807) is 7.11 Å². The van der Waals surface area contributed by atoms with Crippen molar-refractivity contribution in [3.8, 4) is 5.75 Å². The minimum absolute atomic E-state index is 0.0646. The summed E-state index contributed by atoms with van der Waals surface area (Å²) in [5, 5.41) is 19.2. The minimum atomic E-state index is -0.303. The lowest BCUT2D eigenvalue weighted by Gasteiger charge is -2.25. The lowest BCUT2D eigenvalue weighted by atomic mass is 10.0. The van der Waals surface area contributed by atoms with Gasteiger partial charge in [0.1, 0.15) is 5.75 Å². The van der Waals surface area contributed by atoms with Crippen molar-refractivity contribution in [2.75, 3.05) is 13.7 Å². The summed E-state index contributed by atoms with van der Waals surface area (Å²) in [4.78, 5) is 2.30. The monoisotopic (exact) mass is 313 g/mol. The van der Waals surface area contributed by atoms with Crippen LogP contribution >= 0.6 is 0 Å². The van der Waals surface area contributed by atoms with Gasteiger partial charge in [0, 0.05) is 19.1 Å². The highest BCUT2D eigenvalue weighted by Gasteiger charge is 2.32. The maximum Gasteiger partial charge on any atom is 0.119 e. The molecule has 2 aromatic carbocycles. The van der Waals surface area contributed by atoms with Gasteiger partial charge in [-0.3, -0.25) is 4.90 Å². The Kier molecular flexibility index (Phi) is 4.96. The van der Waals surface area contributed by atoms with Gasteiger partial charge in [-0.15, -0.1) is 0 Å². The van der Waals surface area contributed by atoms with Crippen LogP contribution in [0.5, 0.6) is 5.75 Å². The highest BCUT2D eigenvalue weighted by molar-refractivity contribution is 5.31. The van der Waals surface area contributed by atoms with Crippen molar-refractivity contribution in [1.29, 1.82) is 0 Å². The van der Waals surface area contributed by atoms with Gasteiger partial charge in [0.05, 0.1) is 19.8 Å². The Labute approximate surface area is 136 Å². The summed E-state index contributed by atoms with van der Waals surface area (Å²) in [5.41, 5.74) is 3.27. The Morgan fingerprint density at radius 3 is 2.57 bits per heavy atom. The quantitative estimate of drug-likeness (QED) is 0.890. The summed E-state index contributed by atoms with van der Waals surface area (Å²) < 4.78 is 5.32. The molecule has 1 fully saturated rings. The standard InChI is InChI=1S/C19H23NO3/c1-23-18-4-2-3-16(9-18)19-10-17(22)12-20(19)11-14-5-7-15(13-21)8-6-14/h2-9,17,19,21-22H,10-13H2,1H3/t17-,19+/m0/s1. The third-order valence-electron chi connectivity index (χ3n) is 4.45. The first-order valence-electron chi connectivity index (χ1n) is 7.94. The fourth-order valence-electron chi connectivity index (χ4n) is 3.23. The Hall–Kier alpha value is -1.88. The van der Waals surface area contributed by atoms with Crippen LogP contribution in [0.3, 0.4) is 0 Å². The third kappa shape index (κ3) is 3.72. The molecule has 2 N–H and O–H groups in total. The average Bonchev–Trinajstić information content (AvgIpc) is 2.96. The van der Waals surface area contributed by atoms with Crippen LogP contribution in [-0.4, -0.2) is 34.9 Å². The Morgan fingerprint density at radius 1 is 1.13 bits per heavy atom. The first-order valence-corrected chi connectivity index (χ1v) is 7.94. The van der Waals surface area contributed by atoms with Crippen LogP contribution in [0.2, 0.25) is 0 Å². The molecule has 0 radical (unpaired) electrons. The van der Waals surface area contributed by atoms with Crippen LogP contribution in [0.1, 0.15) is 29.2 Å². The van der Waals surface area contributed by atoms with Crippen LogP contribution in [-0.2, 0) is 13.2 Å². The van der Waals surface area contributed by atoms with Crippen molar-refractivity contribution in [3.05, 3.63) is 65.2 Å². The summed E-state index contributed by atoms with van der Waals surface area (Å²) in [6, 6.07) is 16.2. The zero-order valence-electron chi connectivity index (χ0n) is 13.4. The number of methoxy groups -OCH3 is 1. The van der Waals surface area contributed by atoms with Crippen molar-refractivity contribution in [2.24, 2.45) is 0 Å². The molecule has 0 aliphatic carbocycles. The van der Waals surface area contributed by atoms with E-state index in [1.165, 1.54) is 11.1 Å². The van der Waals surface area contributed by atoms with Crippen molar-refractivity contribution in [1.82, 2.24) is 4.90 Å². The molecule has 0 aromatic heterocycles. The van der Waals surface area contributed by atoms with Crippen molar-refractivity contribution in [2.45, 2.75) is 31.7 Å². The summed E-state index contributed by atoms with van der Waals surface area (Å²) in [6.07, 6.45) is 0.435. The molecule has 122 valence electrons. The molecule has 0 spiro atoms. The Morgan fingerprint density at radius 2 is 1.87 bits per heavy atom. The molecule has 1 aliphatic rings. The maximum atomic E-state index is 10.1. The van der Waals surface area contributed by atoms with Gasteiger partial charge < -0.3 is 14.9 Å². The molecule has 0 amide bonds. The largest absolute Gasteiger partial charge is 0.497 e. The molecule has 23 heavy (non-hydrogen) atoms. The van der Waals surface area contributed by atoms with E-state index in [9.17, 15) is 5.11 Å². The highest BCUT2D eigenvalue weighted by atomic mass is 16.5. The number of benzene rings is 2. The lowest BCUT2D eigenvalue weighted by molar-refractivity contribution is 0.172. The number of aliphatic hydroxyl groups excluding tert-OH is 2. The lowest BCUT2D eigenvalue weighted by Crippen LogP contribution is -2.24. The van der Waals surface area contributed by atoms with Crippen LogP contribution in [0.4, 0.5) is 0 Å². The number of likely N-dealkylation sites (tertiary alicyclic amines) is 1. The first-order chi connectivity index (χ1) is 11.2. The topological polar surface area (TPSA) is 52.9 Å². The summed E-state index contributed by atoms with van der Waals surface area (Å²) >= 11 is 0. The van der Waals surface area contributed by atoms with E-state index in [1.807, 2.05) is 42.5 Å². The van der Waals surface area contributed by atoms with Gasteiger partial charge in [0.25, 0.3) is 0 Å². The predicted octanol–water partition coefficient (Wildman–Crippen LogP) is 2.50. The summed E-state index contributed by atoms with van der Waals surface area (Å²) in [7, 11) is 1.67. The average molecular weight is 313 g/mol. The van der Waals surface area contributed by atoms with E-state index in [0.717, 1.165) is 24.3 Å². The van der Waals surface area contributed by atoms with Crippen LogP contribution < -0.4 is 4.74 Å². The Bertz CT molecular complexity index is 641. The van der Waals surface area contributed by atoms with E-state index in [-0.39, 0.29) is 18.8 Å². The number of nitrogens with zero attached hydrogens (tertiary/aromatic N) is 1. The maximum absolute atomic E-state index is 10.1. The van der Waals surface area contributed by atoms with Gasteiger partial charge in [-0.25, -0.2) is 0 Å². The molecule has 1 saturated heterocycles. The van der Waals surface area contributed by atoms with Crippen LogP contribution in [0.25, 0.3) is 0 Å². The fourth-order valence-corrected chi connectivity index (χ4v) is 3.23. The highest BCUT2D eigenvalue weighted by Crippen LogP contribution is 2.34. The molecule has 0 unspecified atom stereocenters. The van der Waals surface area contributed by atoms with Gasteiger partial charge in [0.15, 0.2) is 0 Å². The Balaban J connectivity index is 1.78. The number of rotatable bonds is 5. The third-order valence-corrected chi connectivity index (χ3v) is 4.45. The van der Waals surface area contributed by atoms with Gasteiger partial charge in [-0.2, -0.15) is 0 Å². The molecular weight excluding hydrogens is 290 g/mol. The molecule has 0 bridgehead atoms. The van der Waals surface area contributed by atoms with Gasteiger partial charge >= 0.3 is 0 Å². The molecular formula is C19H23NO3. The minimum Gasteiger partial charge on any atom is -0.497 e. The normalized spacial score (nSPS) is 21.5. The van der Waals surface area contributed by atoms with E-state index in [4.69, 9.17) is 9.84 Å². The number of hydrogen-bond donors (Lipinski definition) is 2. The zero-order valence-corrected chi connectivity index (χ0v) is 13.4. The molecule has 2 atom stereocenters. The van der Waals surface area contributed by atoms with Gasteiger partial charge in [0.2, 0.25) is 0 Å². The molecule has 1 aliphatic heterocycles. The SMILES string of the molecule is COc1cccc([C@H]2C[C@H](O)CN2Cc2ccc(CO)cc2)c1. The summed E-state index contributed by atoms with van der Waals surface area (Å²) in [5.74, 6) is 0.844. The van der Waals surface area contributed by atoms with Crippen LogP contribution in [0, 0.1) is 0 Å². The molecule has 4 nitrogen and oxygen atoms in total. The van der Waals surface area contributed by atoms with Crippen LogP contribution in [0.15, 0.2) is 48.5 Å². The zero-order chi connectivity index (χ0) is 16.2. The molecule has 4 heteroatoms. The van der Waals surface area contributed by atoms with Crippen molar-refractivity contribution >= 4 is 0 Å². The number of β-amino-alcohol motifs (C(OH)–C–C–N with tert-alkyl or cyclic N) is 1. The smallest absolute Gasteiger partial charge is 0.119 e. The molecule has 3 rings (SSSR count). The second kappa shape index (κ2) is 7.13. The van der Waals surface area contributed by atoms with Gasteiger partial charge in [-0.05, 0) is 35.2 Å². The van der Waals surface area contributed by atoms with E-state index in [2.05, 4.69) is 11.0 Å². The summed E-state index contributed by atoms with van der Waals surface area (Å²) in [6.45, 7) is 1.52. The number of hydrogen-bond acceptors (Lipinski definition) is 4. The van der Waals surface area contributed by atoms with E-state index in [0.29, 0.717) is 6.54 Å². The molecule has 0 saturated carbocycles. The number of aliphatic hydroxyl groups is 2. The molecule has 1 heterocycles. The predicted molar refractivity (Wildman–Crippen MR) is 89.1 cm³/mol. The van der Waals surface area contributed by atoms with Crippen molar-refractivity contribution < 1.29 is 14.9 Å².